The second-order valence-electron chi connectivity index (χ2n) is 5.42. The normalized spacial score (nSPS) is 11.0. The van der Waals surface area contributed by atoms with Gasteiger partial charge in [-0.25, -0.2) is 9.97 Å². The highest BCUT2D eigenvalue weighted by molar-refractivity contribution is 6.33. The number of fused-ring (bicyclic) bond motifs is 1. The van der Waals surface area contributed by atoms with Crippen molar-refractivity contribution in [3.05, 3.63) is 59.7 Å². The summed E-state index contributed by atoms with van der Waals surface area (Å²) in [5.41, 5.74) is 8.56. The second-order valence-corrected chi connectivity index (χ2v) is 5.83. The summed E-state index contributed by atoms with van der Waals surface area (Å²) >= 11 is 6.42. The minimum Gasteiger partial charge on any atom is -0.464 e. The fraction of sp³-hybridized carbons (Fsp3) is 0.0556. The van der Waals surface area contributed by atoms with Crippen molar-refractivity contribution in [1.82, 2.24) is 15.0 Å². The Morgan fingerprint density at radius 2 is 2.04 bits per heavy atom. The van der Waals surface area contributed by atoms with Gasteiger partial charge in [0, 0.05) is 17.8 Å². The number of hydrogen-bond acceptors (Lipinski definition) is 6. The van der Waals surface area contributed by atoms with E-state index in [1.54, 1.807) is 36.7 Å². The van der Waals surface area contributed by atoms with E-state index in [-0.39, 0.29) is 0 Å². The van der Waals surface area contributed by atoms with E-state index in [0.717, 1.165) is 16.6 Å². The van der Waals surface area contributed by atoms with Crippen molar-refractivity contribution >= 4 is 28.4 Å². The summed E-state index contributed by atoms with van der Waals surface area (Å²) in [6.07, 6.45) is 4.74. The SMILES string of the molecule is Cc1ncc(N)nc1-c1ccc(Oc2nccc3occc23)cc1Cl. The molecule has 124 valence electrons. The number of anilines is 1. The molecule has 0 aliphatic carbocycles. The van der Waals surface area contributed by atoms with Crippen molar-refractivity contribution in [3.63, 3.8) is 0 Å². The number of rotatable bonds is 3. The summed E-state index contributed by atoms with van der Waals surface area (Å²) in [5, 5.41) is 1.28. The minimum absolute atomic E-state index is 0.341. The Bertz CT molecular complexity index is 1080. The third kappa shape index (κ3) is 2.88. The number of furan rings is 1. The molecule has 4 aromatic rings. The average Bonchev–Trinajstić information content (AvgIpc) is 3.07. The maximum atomic E-state index is 6.42. The predicted octanol–water partition coefficient (Wildman–Crippen LogP) is 4.62. The van der Waals surface area contributed by atoms with E-state index in [9.17, 15) is 0 Å². The number of aryl methyl sites for hydroxylation is 1. The van der Waals surface area contributed by atoms with Gasteiger partial charge in [-0.05, 0) is 31.2 Å². The van der Waals surface area contributed by atoms with E-state index in [1.807, 2.05) is 13.0 Å². The van der Waals surface area contributed by atoms with E-state index in [0.29, 0.717) is 33.7 Å². The molecule has 0 saturated heterocycles. The van der Waals surface area contributed by atoms with Gasteiger partial charge in [-0.1, -0.05) is 11.6 Å². The highest BCUT2D eigenvalue weighted by atomic mass is 35.5. The summed E-state index contributed by atoms with van der Waals surface area (Å²) < 4.78 is 11.2. The summed E-state index contributed by atoms with van der Waals surface area (Å²) in [6.45, 7) is 1.85. The van der Waals surface area contributed by atoms with Crippen LogP contribution in [0.3, 0.4) is 0 Å². The Hall–Kier alpha value is -3.12. The van der Waals surface area contributed by atoms with Crippen LogP contribution in [0.5, 0.6) is 11.6 Å². The molecule has 6 nitrogen and oxygen atoms in total. The molecule has 0 unspecified atom stereocenters. The third-order valence-electron chi connectivity index (χ3n) is 3.73. The summed E-state index contributed by atoms with van der Waals surface area (Å²) in [4.78, 5) is 12.8. The average molecular weight is 353 g/mol. The lowest BCUT2D eigenvalue weighted by Crippen LogP contribution is -1.98. The zero-order valence-electron chi connectivity index (χ0n) is 13.2. The smallest absolute Gasteiger partial charge is 0.230 e. The Balaban J connectivity index is 1.70. The van der Waals surface area contributed by atoms with Gasteiger partial charge in [-0.2, -0.15) is 0 Å². The Morgan fingerprint density at radius 1 is 1.16 bits per heavy atom. The molecule has 0 radical (unpaired) electrons. The summed E-state index contributed by atoms with van der Waals surface area (Å²) in [5.74, 6) is 1.35. The number of nitrogen functional groups attached to an aromatic ring is 1. The van der Waals surface area contributed by atoms with Crippen molar-refractivity contribution < 1.29 is 9.15 Å². The molecule has 25 heavy (non-hydrogen) atoms. The minimum atomic E-state index is 0.341. The van der Waals surface area contributed by atoms with Gasteiger partial charge in [0.1, 0.15) is 17.2 Å². The van der Waals surface area contributed by atoms with Gasteiger partial charge in [-0.3, -0.25) is 4.98 Å². The van der Waals surface area contributed by atoms with E-state index >= 15 is 0 Å². The lowest BCUT2D eigenvalue weighted by molar-refractivity contribution is 0.469. The molecule has 4 rings (SSSR count). The lowest BCUT2D eigenvalue weighted by atomic mass is 10.1. The zero-order chi connectivity index (χ0) is 17.4. The highest BCUT2D eigenvalue weighted by Crippen LogP contribution is 2.34. The van der Waals surface area contributed by atoms with Gasteiger partial charge in [-0.15, -0.1) is 0 Å². The van der Waals surface area contributed by atoms with Crippen LogP contribution in [-0.4, -0.2) is 15.0 Å². The number of hydrogen-bond donors (Lipinski definition) is 1. The van der Waals surface area contributed by atoms with Crippen molar-refractivity contribution in [3.8, 4) is 22.9 Å². The van der Waals surface area contributed by atoms with Crippen molar-refractivity contribution in [2.24, 2.45) is 0 Å². The van der Waals surface area contributed by atoms with Gasteiger partial charge in [0.15, 0.2) is 0 Å². The zero-order valence-corrected chi connectivity index (χ0v) is 14.0. The summed E-state index contributed by atoms with van der Waals surface area (Å²) in [7, 11) is 0. The van der Waals surface area contributed by atoms with Crippen molar-refractivity contribution in [2.75, 3.05) is 5.73 Å². The quantitative estimate of drug-likeness (QED) is 0.578. The van der Waals surface area contributed by atoms with Crippen LogP contribution < -0.4 is 10.5 Å². The molecule has 0 atom stereocenters. The number of nitrogens with zero attached hydrogens (tertiary/aromatic N) is 3. The third-order valence-corrected chi connectivity index (χ3v) is 4.04. The molecule has 0 spiro atoms. The van der Waals surface area contributed by atoms with Crippen molar-refractivity contribution in [1.29, 1.82) is 0 Å². The topological polar surface area (TPSA) is 87.1 Å². The fourth-order valence-corrected chi connectivity index (χ4v) is 2.79. The van der Waals surface area contributed by atoms with Crippen LogP contribution in [0.2, 0.25) is 5.02 Å². The molecule has 0 amide bonds. The standard InChI is InChI=1S/C18H13ClN4O2/c1-10-17(23-16(20)9-22-10)12-3-2-11(8-14(12)19)25-18-13-5-7-24-15(13)4-6-21-18/h2-9H,1H3,(H2,20,23). The van der Waals surface area contributed by atoms with Crippen molar-refractivity contribution in [2.45, 2.75) is 6.92 Å². The molecule has 0 aliphatic rings. The first kappa shape index (κ1) is 15.4. The Kier molecular flexibility index (Phi) is 3.74. The first-order valence-electron chi connectivity index (χ1n) is 7.51. The first-order valence-corrected chi connectivity index (χ1v) is 7.89. The van der Waals surface area contributed by atoms with Gasteiger partial charge < -0.3 is 14.9 Å². The van der Waals surface area contributed by atoms with E-state index in [4.69, 9.17) is 26.5 Å². The molecule has 0 fully saturated rings. The molecule has 3 aromatic heterocycles. The number of pyridine rings is 1. The van der Waals surface area contributed by atoms with E-state index in [1.165, 1.54) is 6.20 Å². The molecule has 7 heteroatoms. The number of nitrogens with two attached hydrogens (primary N) is 1. The van der Waals surface area contributed by atoms with Gasteiger partial charge >= 0.3 is 0 Å². The van der Waals surface area contributed by atoms with Gasteiger partial charge in [0.2, 0.25) is 5.88 Å². The molecule has 2 N–H and O–H groups in total. The highest BCUT2D eigenvalue weighted by Gasteiger charge is 2.13. The van der Waals surface area contributed by atoms with Crippen LogP contribution >= 0.6 is 11.6 Å². The maximum Gasteiger partial charge on any atom is 0.230 e. The maximum absolute atomic E-state index is 6.42. The first-order chi connectivity index (χ1) is 12.1. The Morgan fingerprint density at radius 3 is 2.88 bits per heavy atom. The van der Waals surface area contributed by atoms with Crippen LogP contribution in [0, 0.1) is 6.92 Å². The molecular formula is C18H13ClN4O2. The number of benzene rings is 1. The van der Waals surface area contributed by atoms with E-state index in [2.05, 4.69) is 15.0 Å². The fourth-order valence-electron chi connectivity index (χ4n) is 2.53. The largest absolute Gasteiger partial charge is 0.464 e. The predicted molar refractivity (Wildman–Crippen MR) is 95.7 cm³/mol. The molecule has 0 aliphatic heterocycles. The summed E-state index contributed by atoms with van der Waals surface area (Å²) in [6, 6.07) is 8.91. The number of aromatic nitrogens is 3. The Labute approximate surface area is 148 Å². The van der Waals surface area contributed by atoms with Crippen LogP contribution in [0.15, 0.2) is 53.4 Å². The van der Waals surface area contributed by atoms with Crippen LogP contribution in [0.1, 0.15) is 5.69 Å². The van der Waals surface area contributed by atoms with Crippen LogP contribution in [-0.2, 0) is 0 Å². The van der Waals surface area contributed by atoms with Gasteiger partial charge in [0.25, 0.3) is 0 Å². The number of ether oxygens (including phenoxy) is 1. The lowest BCUT2D eigenvalue weighted by Gasteiger charge is -2.10. The van der Waals surface area contributed by atoms with Crippen LogP contribution in [0.25, 0.3) is 22.2 Å². The van der Waals surface area contributed by atoms with Gasteiger partial charge in [0.05, 0.1) is 34.3 Å². The molecule has 1 aromatic carbocycles. The molecule has 0 bridgehead atoms. The molecule has 0 saturated carbocycles. The molecular weight excluding hydrogens is 340 g/mol. The monoisotopic (exact) mass is 352 g/mol. The van der Waals surface area contributed by atoms with E-state index < -0.39 is 0 Å². The van der Waals surface area contributed by atoms with Crippen LogP contribution in [0.4, 0.5) is 5.82 Å². The molecule has 3 heterocycles. The number of halogens is 1. The second kappa shape index (κ2) is 6.07.